The van der Waals surface area contributed by atoms with Crippen molar-refractivity contribution in [3.63, 3.8) is 0 Å². The van der Waals surface area contributed by atoms with Crippen LogP contribution in [-0.2, 0) is 0 Å². The lowest BCUT2D eigenvalue weighted by Gasteiger charge is -2.05. The van der Waals surface area contributed by atoms with Gasteiger partial charge in [0.2, 0.25) is 5.88 Å². The summed E-state index contributed by atoms with van der Waals surface area (Å²) < 4.78 is 5.09. The van der Waals surface area contributed by atoms with Crippen molar-refractivity contribution in [2.45, 2.75) is 6.92 Å². The maximum atomic E-state index is 5.47. The maximum Gasteiger partial charge on any atom is 0.215 e. The lowest BCUT2D eigenvalue weighted by Crippen LogP contribution is -1.96. The highest BCUT2D eigenvalue weighted by Crippen LogP contribution is 2.21. The van der Waals surface area contributed by atoms with Crippen LogP contribution in [0.5, 0.6) is 5.88 Å². The van der Waals surface area contributed by atoms with Crippen LogP contribution >= 0.6 is 0 Å². The summed E-state index contributed by atoms with van der Waals surface area (Å²) in [6.45, 7) is 1.93. The summed E-state index contributed by atoms with van der Waals surface area (Å²) in [7, 11) is 1.60. The van der Waals surface area contributed by atoms with E-state index in [2.05, 4.69) is 15.2 Å². The number of pyridine rings is 1. The minimum absolute atomic E-state index is 0.405. The molecule has 2 aromatic heterocycles. The van der Waals surface area contributed by atoms with E-state index in [0.717, 1.165) is 16.8 Å². The minimum atomic E-state index is 0.405. The van der Waals surface area contributed by atoms with Gasteiger partial charge in [0.1, 0.15) is 5.82 Å². The van der Waals surface area contributed by atoms with Gasteiger partial charge in [0.05, 0.1) is 12.8 Å². The molecular formula is C11H12N4O. The van der Waals surface area contributed by atoms with Gasteiger partial charge < -0.3 is 10.5 Å². The zero-order valence-corrected chi connectivity index (χ0v) is 9.14. The monoisotopic (exact) mass is 216 g/mol. The molecule has 0 unspecified atom stereocenters. The van der Waals surface area contributed by atoms with Crippen LogP contribution in [0.1, 0.15) is 5.56 Å². The summed E-state index contributed by atoms with van der Waals surface area (Å²) in [6, 6.07) is 5.47. The van der Waals surface area contributed by atoms with Crippen LogP contribution in [0.4, 0.5) is 5.82 Å². The smallest absolute Gasteiger partial charge is 0.215 e. The molecule has 82 valence electrons. The number of anilines is 1. The Balaban J connectivity index is 2.41. The Kier molecular flexibility index (Phi) is 2.68. The van der Waals surface area contributed by atoms with Gasteiger partial charge in [-0.15, -0.1) is 10.2 Å². The molecule has 0 bridgehead atoms. The Labute approximate surface area is 93.3 Å². The Hall–Kier alpha value is -2.17. The van der Waals surface area contributed by atoms with Crippen molar-refractivity contribution in [1.29, 1.82) is 0 Å². The van der Waals surface area contributed by atoms with Crippen molar-refractivity contribution in [3.8, 4) is 17.1 Å². The fourth-order valence-corrected chi connectivity index (χ4v) is 1.41. The third-order valence-electron chi connectivity index (χ3n) is 2.20. The van der Waals surface area contributed by atoms with Crippen molar-refractivity contribution < 1.29 is 4.74 Å². The lowest BCUT2D eigenvalue weighted by atomic mass is 10.1. The Morgan fingerprint density at radius 3 is 2.62 bits per heavy atom. The van der Waals surface area contributed by atoms with Crippen molar-refractivity contribution >= 4 is 5.82 Å². The van der Waals surface area contributed by atoms with E-state index < -0.39 is 0 Å². The average molecular weight is 216 g/mol. The van der Waals surface area contributed by atoms with Crippen molar-refractivity contribution in [2.75, 3.05) is 12.8 Å². The fraction of sp³-hybridized carbons (Fsp3) is 0.182. The zero-order valence-electron chi connectivity index (χ0n) is 9.14. The lowest BCUT2D eigenvalue weighted by molar-refractivity contribution is 0.394. The third kappa shape index (κ3) is 1.93. The highest BCUT2D eigenvalue weighted by atomic mass is 16.5. The van der Waals surface area contributed by atoms with E-state index in [1.54, 1.807) is 19.4 Å². The van der Waals surface area contributed by atoms with Crippen molar-refractivity contribution in [1.82, 2.24) is 15.2 Å². The van der Waals surface area contributed by atoms with Crippen molar-refractivity contribution in [3.05, 3.63) is 30.0 Å². The molecule has 0 atom stereocenters. The quantitative estimate of drug-likeness (QED) is 0.822. The molecule has 0 spiro atoms. The molecule has 0 fully saturated rings. The minimum Gasteiger partial charge on any atom is -0.481 e. The van der Waals surface area contributed by atoms with E-state index >= 15 is 0 Å². The van der Waals surface area contributed by atoms with Gasteiger partial charge in [-0.3, -0.25) is 0 Å². The van der Waals surface area contributed by atoms with E-state index in [1.165, 1.54) is 0 Å². The van der Waals surface area contributed by atoms with Crippen LogP contribution in [0.2, 0.25) is 0 Å². The number of nitrogens with two attached hydrogens (primary N) is 1. The Bertz CT molecular complexity index is 496. The van der Waals surface area contributed by atoms with Crippen LogP contribution in [-0.4, -0.2) is 22.3 Å². The van der Waals surface area contributed by atoms with E-state index in [-0.39, 0.29) is 0 Å². The van der Waals surface area contributed by atoms with E-state index in [9.17, 15) is 0 Å². The van der Waals surface area contributed by atoms with Crippen LogP contribution < -0.4 is 10.5 Å². The number of nitrogen functional groups attached to an aromatic ring is 1. The number of nitrogens with zero attached hydrogens (tertiary/aromatic N) is 3. The number of ether oxygens (including phenoxy) is 1. The molecule has 0 radical (unpaired) electrons. The SMILES string of the molecule is COc1ncc(-c2ccc(N)nn2)cc1C. The second kappa shape index (κ2) is 4.14. The number of methoxy groups -OCH3 is 1. The predicted molar refractivity (Wildman–Crippen MR) is 61.0 cm³/mol. The van der Waals surface area contributed by atoms with Gasteiger partial charge in [-0.2, -0.15) is 0 Å². The first-order valence-corrected chi connectivity index (χ1v) is 4.81. The molecule has 2 rings (SSSR count). The number of hydrogen-bond donors (Lipinski definition) is 1. The highest BCUT2D eigenvalue weighted by Gasteiger charge is 2.04. The standard InChI is InChI=1S/C11H12N4O/c1-7-5-8(6-13-11(7)16-2)9-3-4-10(12)15-14-9/h3-6H,1-2H3,(H2,12,15). The summed E-state index contributed by atoms with van der Waals surface area (Å²) in [4.78, 5) is 4.17. The molecular weight excluding hydrogens is 204 g/mol. The number of hydrogen-bond acceptors (Lipinski definition) is 5. The van der Waals surface area contributed by atoms with Gasteiger partial charge in [0.15, 0.2) is 0 Å². The van der Waals surface area contributed by atoms with E-state index in [0.29, 0.717) is 11.7 Å². The first kappa shape index (κ1) is 10.4. The molecule has 2 heterocycles. The highest BCUT2D eigenvalue weighted by molar-refractivity contribution is 5.59. The Morgan fingerprint density at radius 1 is 1.25 bits per heavy atom. The summed E-state index contributed by atoms with van der Waals surface area (Å²) in [6.07, 6.45) is 1.70. The van der Waals surface area contributed by atoms with Gasteiger partial charge in [-0.05, 0) is 25.1 Å². The van der Waals surface area contributed by atoms with Gasteiger partial charge in [-0.1, -0.05) is 0 Å². The maximum absolute atomic E-state index is 5.47. The van der Waals surface area contributed by atoms with Crippen LogP contribution in [0.3, 0.4) is 0 Å². The summed E-state index contributed by atoms with van der Waals surface area (Å²) in [5.74, 6) is 1.02. The third-order valence-corrected chi connectivity index (χ3v) is 2.20. The van der Waals surface area contributed by atoms with Crippen molar-refractivity contribution in [2.24, 2.45) is 0 Å². The number of aromatic nitrogens is 3. The molecule has 0 aliphatic rings. The summed E-state index contributed by atoms with van der Waals surface area (Å²) in [5, 5.41) is 7.79. The molecule has 5 nitrogen and oxygen atoms in total. The number of rotatable bonds is 2. The summed E-state index contributed by atoms with van der Waals surface area (Å²) >= 11 is 0. The Morgan fingerprint density at radius 2 is 2.06 bits per heavy atom. The molecule has 5 heteroatoms. The molecule has 0 saturated carbocycles. The second-order valence-corrected chi connectivity index (χ2v) is 3.39. The molecule has 2 aromatic rings. The molecule has 0 saturated heterocycles. The fourth-order valence-electron chi connectivity index (χ4n) is 1.41. The van der Waals surface area contributed by atoms with E-state index in [4.69, 9.17) is 10.5 Å². The van der Waals surface area contributed by atoms with E-state index in [1.807, 2.05) is 19.1 Å². The van der Waals surface area contributed by atoms with Crippen LogP contribution in [0.25, 0.3) is 11.3 Å². The molecule has 16 heavy (non-hydrogen) atoms. The normalized spacial score (nSPS) is 10.1. The van der Waals surface area contributed by atoms with Crippen LogP contribution in [0, 0.1) is 6.92 Å². The van der Waals surface area contributed by atoms with Gasteiger partial charge >= 0.3 is 0 Å². The largest absolute Gasteiger partial charge is 0.481 e. The van der Waals surface area contributed by atoms with Gasteiger partial charge in [0.25, 0.3) is 0 Å². The van der Waals surface area contributed by atoms with Gasteiger partial charge in [-0.25, -0.2) is 4.98 Å². The second-order valence-electron chi connectivity index (χ2n) is 3.39. The first-order chi connectivity index (χ1) is 7.70. The molecule has 0 aliphatic carbocycles. The zero-order chi connectivity index (χ0) is 11.5. The molecule has 0 aromatic carbocycles. The van der Waals surface area contributed by atoms with Gasteiger partial charge in [0, 0.05) is 17.3 Å². The number of aryl methyl sites for hydroxylation is 1. The average Bonchev–Trinajstić information content (AvgIpc) is 2.30. The molecule has 0 amide bonds. The first-order valence-electron chi connectivity index (χ1n) is 4.81. The molecule has 0 aliphatic heterocycles. The topological polar surface area (TPSA) is 73.9 Å². The van der Waals surface area contributed by atoms with Crippen LogP contribution in [0.15, 0.2) is 24.4 Å². The molecule has 2 N–H and O–H groups in total. The summed E-state index contributed by atoms with van der Waals surface area (Å²) in [5.41, 5.74) is 8.07. The predicted octanol–water partition coefficient (Wildman–Crippen LogP) is 1.44.